The zero-order valence-electron chi connectivity index (χ0n) is 15.1. The average Bonchev–Trinajstić information content (AvgIpc) is 2.98. The topological polar surface area (TPSA) is 75.7 Å². The third-order valence-electron chi connectivity index (χ3n) is 4.43. The molecule has 2 rings (SSSR count). The minimum Gasteiger partial charge on any atom is -0.452 e. The summed E-state index contributed by atoms with van der Waals surface area (Å²) in [5, 5.41) is 2.81. The third-order valence-corrected chi connectivity index (χ3v) is 4.43. The number of esters is 1. The van der Waals surface area contributed by atoms with Gasteiger partial charge in [-0.2, -0.15) is 0 Å². The Kier molecular flexibility index (Phi) is 6.17. The van der Waals surface area contributed by atoms with Crippen molar-refractivity contribution in [3.63, 3.8) is 0 Å². The van der Waals surface area contributed by atoms with Crippen LogP contribution in [0.1, 0.15) is 56.0 Å². The minimum absolute atomic E-state index is 0.171. The highest BCUT2D eigenvalue weighted by atomic mass is 16.5. The van der Waals surface area contributed by atoms with Crippen LogP contribution in [0.15, 0.2) is 24.3 Å². The first kappa shape index (κ1) is 19.0. The van der Waals surface area contributed by atoms with Crippen LogP contribution >= 0.6 is 0 Å². The molecule has 0 bridgehead atoms. The van der Waals surface area contributed by atoms with Gasteiger partial charge in [-0.3, -0.25) is 9.59 Å². The van der Waals surface area contributed by atoms with E-state index in [1.807, 2.05) is 37.8 Å². The Labute approximate surface area is 148 Å². The summed E-state index contributed by atoms with van der Waals surface area (Å²) in [7, 11) is 0. The van der Waals surface area contributed by atoms with Gasteiger partial charge in [0.05, 0.1) is 5.56 Å². The number of benzene rings is 1. The lowest BCUT2D eigenvalue weighted by Crippen LogP contribution is -2.44. The number of nitrogens with zero attached hydrogens (tertiary/aromatic N) is 1. The van der Waals surface area contributed by atoms with Crippen molar-refractivity contribution in [2.75, 3.05) is 13.2 Å². The van der Waals surface area contributed by atoms with Gasteiger partial charge >= 0.3 is 5.97 Å². The van der Waals surface area contributed by atoms with E-state index < -0.39 is 5.97 Å². The van der Waals surface area contributed by atoms with Crippen LogP contribution in [-0.2, 0) is 20.9 Å². The molecule has 1 saturated heterocycles. The van der Waals surface area contributed by atoms with Gasteiger partial charge in [0.15, 0.2) is 6.61 Å². The first-order valence-corrected chi connectivity index (χ1v) is 8.65. The molecule has 1 heterocycles. The number of likely N-dealkylation sites (tertiary alicyclic amines) is 1. The van der Waals surface area contributed by atoms with Gasteiger partial charge in [0.25, 0.3) is 5.91 Å². The molecular weight excluding hydrogens is 320 g/mol. The van der Waals surface area contributed by atoms with Crippen LogP contribution in [0, 0.1) is 0 Å². The summed E-state index contributed by atoms with van der Waals surface area (Å²) in [5.74, 6) is -0.679. The van der Waals surface area contributed by atoms with E-state index in [9.17, 15) is 14.4 Å². The van der Waals surface area contributed by atoms with Crippen LogP contribution < -0.4 is 5.32 Å². The Balaban J connectivity index is 1.83. The van der Waals surface area contributed by atoms with Gasteiger partial charge in [0.1, 0.15) is 0 Å². The van der Waals surface area contributed by atoms with E-state index in [1.54, 1.807) is 12.1 Å². The molecule has 1 aromatic carbocycles. The summed E-state index contributed by atoms with van der Waals surface area (Å²) >= 11 is 0. The predicted molar refractivity (Wildman–Crippen MR) is 93.9 cm³/mol. The van der Waals surface area contributed by atoms with Crippen molar-refractivity contribution in [1.29, 1.82) is 0 Å². The molecule has 0 unspecified atom stereocenters. The average molecular weight is 346 g/mol. The van der Waals surface area contributed by atoms with Crippen molar-refractivity contribution >= 4 is 17.8 Å². The number of carbonyl (C=O) groups is 3. The lowest BCUT2D eigenvalue weighted by Gasteiger charge is -2.24. The number of hydrogen-bond donors (Lipinski definition) is 1. The van der Waals surface area contributed by atoms with E-state index in [-0.39, 0.29) is 24.0 Å². The van der Waals surface area contributed by atoms with Crippen molar-refractivity contribution in [3.8, 4) is 0 Å². The first-order chi connectivity index (χ1) is 11.8. The molecule has 1 N–H and O–H groups in total. The second kappa shape index (κ2) is 8.14. The number of carbonyl (C=O) groups excluding carboxylic acids is 3. The Morgan fingerprint density at radius 2 is 1.92 bits per heavy atom. The van der Waals surface area contributed by atoms with E-state index in [0.717, 1.165) is 24.9 Å². The summed E-state index contributed by atoms with van der Waals surface area (Å²) in [6, 6.07) is 6.93. The first-order valence-electron chi connectivity index (χ1n) is 8.65. The fourth-order valence-corrected chi connectivity index (χ4v) is 2.55. The predicted octanol–water partition coefficient (Wildman–Crippen LogP) is 2.27. The molecular formula is C19H26N2O4. The van der Waals surface area contributed by atoms with Crippen molar-refractivity contribution in [3.05, 3.63) is 35.4 Å². The van der Waals surface area contributed by atoms with E-state index in [4.69, 9.17) is 4.74 Å². The Morgan fingerprint density at radius 1 is 1.24 bits per heavy atom. The Morgan fingerprint density at radius 3 is 2.48 bits per heavy atom. The molecule has 1 aliphatic rings. The smallest absolute Gasteiger partial charge is 0.338 e. The normalized spacial score (nSPS) is 14.5. The lowest BCUT2D eigenvalue weighted by atomic mass is 10.0. The molecule has 1 aliphatic heterocycles. The molecule has 6 nitrogen and oxygen atoms in total. The second-order valence-electron chi connectivity index (χ2n) is 6.98. The van der Waals surface area contributed by atoms with Gasteiger partial charge in [-0.15, -0.1) is 0 Å². The summed E-state index contributed by atoms with van der Waals surface area (Å²) in [6.07, 6.45) is 2.30. The van der Waals surface area contributed by atoms with Gasteiger partial charge in [0, 0.05) is 25.0 Å². The van der Waals surface area contributed by atoms with Crippen molar-refractivity contribution in [1.82, 2.24) is 10.2 Å². The second-order valence-corrected chi connectivity index (χ2v) is 6.98. The van der Waals surface area contributed by atoms with Gasteiger partial charge in [-0.05, 0) is 44.4 Å². The Hall–Kier alpha value is -2.37. The maximum Gasteiger partial charge on any atom is 0.338 e. The minimum atomic E-state index is -0.534. The molecule has 0 saturated carbocycles. The van der Waals surface area contributed by atoms with Crippen LogP contribution in [-0.4, -0.2) is 41.4 Å². The molecule has 0 aromatic heterocycles. The molecule has 2 amide bonds. The van der Waals surface area contributed by atoms with E-state index >= 15 is 0 Å². The van der Waals surface area contributed by atoms with E-state index in [2.05, 4.69) is 5.32 Å². The molecule has 1 fully saturated rings. The monoisotopic (exact) mass is 346 g/mol. The number of nitrogens with one attached hydrogen (secondary N) is 1. The summed E-state index contributed by atoms with van der Waals surface area (Å²) < 4.78 is 5.06. The zero-order valence-corrected chi connectivity index (χ0v) is 15.1. The largest absolute Gasteiger partial charge is 0.452 e. The lowest BCUT2D eigenvalue weighted by molar-refractivity contribution is -0.128. The highest BCUT2D eigenvalue weighted by molar-refractivity contribution is 5.91. The molecule has 0 spiro atoms. The summed E-state index contributed by atoms with van der Waals surface area (Å²) in [5.41, 5.74) is 1.03. The number of hydrogen-bond acceptors (Lipinski definition) is 4. The number of ether oxygens (including phenoxy) is 1. The fraction of sp³-hybridized carbons (Fsp3) is 0.526. The van der Waals surface area contributed by atoms with Crippen LogP contribution in [0.3, 0.4) is 0 Å². The SMILES string of the molecule is CCC(C)(C)NC(=O)COC(=O)c1ccc(CN2CCCC2=O)cc1. The summed E-state index contributed by atoms with van der Waals surface area (Å²) in [4.78, 5) is 37.3. The fourth-order valence-electron chi connectivity index (χ4n) is 2.55. The van der Waals surface area contributed by atoms with Crippen LogP contribution in [0.5, 0.6) is 0 Å². The van der Waals surface area contributed by atoms with Crippen LogP contribution in [0.2, 0.25) is 0 Å². The van der Waals surface area contributed by atoms with Crippen LogP contribution in [0.4, 0.5) is 0 Å². The van der Waals surface area contributed by atoms with Gasteiger partial charge < -0.3 is 15.0 Å². The maximum atomic E-state index is 12.0. The molecule has 136 valence electrons. The third kappa shape index (κ3) is 5.59. The highest BCUT2D eigenvalue weighted by Crippen LogP contribution is 2.15. The van der Waals surface area contributed by atoms with Crippen molar-refractivity contribution < 1.29 is 19.1 Å². The van der Waals surface area contributed by atoms with Crippen LogP contribution in [0.25, 0.3) is 0 Å². The number of rotatable bonds is 7. The van der Waals surface area contributed by atoms with E-state index in [0.29, 0.717) is 18.5 Å². The van der Waals surface area contributed by atoms with Gasteiger partial charge in [-0.25, -0.2) is 4.79 Å². The molecule has 0 radical (unpaired) electrons. The van der Waals surface area contributed by atoms with Crippen molar-refractivity contribution in [2.24, 2.45) is 0 Å². The molecule has 6 heteroatoms. The molecule has 0 atom stereocenters. The number of amides is 2. The molecule has 25 heavy (non-hydrogen) atoms. The summed E-state index contributed by atoms with van der Waals surface area (Å²) in [6.45, 7) is 6.84. The zero-order chi connectivity index (χ0) is 18.4. The maximum absolute atomic E-state index is 12.0. The molecule has 0 aliphatic carbocycles. The molecule has 1 aromatic rings. The highest BCUT2D eigenvalue weighted by Gasteiger charge is 2.21. The Bertz CT molecular complexity index is 637. The van der Waals surface area contributed by atoms with Gasteiger partial charge in [-0.1, -0.05) is 19.1 Å². The standard InChI is InChI=1S/C19H26N2O4/c1-4-19(2,3)20-16(22)13-25-18(24)15-9-7-14(8-10-15)12-21-11-5-6-17(21)23/h7-10H,4-6,11-13H2,1-3H3,(H,20,22). The quantitative estimate of drug-likeness (QED) is 0.769. The van der Waals surface area contributed by atoms with Gasteiger partial charge in [0.2, 0.25) is 5.91 Å². The van der Waals surface area contributed by atoms with E-state index in [1.165, 1.54) is 0 Å². The van der Waals surface area contributed by atoms with Crippen molar-refractivity contribution in [2.45, 2.75) is 52.1 Å².